The van der Waals surface area contributed by atoms with Crippen molar-refractivity contribution in [2.45, 2.75) is 37.6 Å². The molecule has 2 aromatic carbocycles. The maximum absolute atomic E-state index is 13.0. The Bertz CT molecular complexity index is 1040. The maximum Gasteiger partial charge on any atom is 0.243 e. The third-order valence-electron chi connectivity index (χ3n) is 6.51. The quantitative estimate of drug-likeness (QED) is 0.627. The van der Waals surface area contributed by atoms with Crippen molar-refractivity contribution in [3.05, 3.63) is 53.1 Å². The summed E-state index contributed by atoms with van der Waals surface area (Å²) in [5.41, 5.74) is 3.59. The average molecular weight is 481 g/mol. The Labute approximate surface area is 198 Å². The van der Waals surface area contributed by atoms with E-state index in [4.69, 9.17) is 9.47 Å². The fourth-order valence-corrected chi connectivity index (χ4v) is 6.29. The molecular weight excluding hydrogens is 448 g/mol. The summed E-state index contributed by atoms with van der Waals surface area (Å²) in [6.45, 7) is 6.04. The van der Waals surface area contributed by atoms with E-state index in [2.05, 4.69) is 17.0 Å². The molecule has 0 spiro atoms. The van der Waals surface area contributed by atoms with Crippen LogP contribution in [-0.2, 0) is 23.0 Å². The fourth-order valence-electron chi connectivity index (χ4n) is 4.72. The van der Waals surface area contributed by atoms with Crippen LogP contribution in [0.15, 0.2) is 41.3 Å². The zero-order valence-electron chi connectivity index (χ0n) is 19.0. The van der Waals surface area contributed by atoms with Gasteiger partial charge in [-0.3, -0.25) is 4.90 Å². The van der Waals surface area contributed by atoms with Gasteiger partial charge in [0.25, 0.3) is 0 Å². The molecule has 2 aliphatic heterocycles. The highest BCUT2D eigenvalue weighted by Gasteiger charge is 2.31. The molecule has 1 fully saturated rings. The molecule has 0 radical (unpaired) electrons. The first-order chi connectivity index (χ1) is 14.9. The number of nitrogens with zero attached hydrogens (tertiary/aromatic N) is 2. The number of hydrogen-bond donors (Lipinski definition) is 0. The highest BCUT2D eigenvalue weighted by Crippen LogP contribution is 2.34. The van der Waals surface area contributed by atoms with Crippen LogP contribution in [0.3, 0.4) is 0 Å². The number of methoxy groups -OCH3 is 2. The van der Waals surface area contributed by atoms with Crippen molar-refractivity contribution in [3.8, 4) is 11.5 Å². The van der Waals surface area contributed by atoms with Gasteiger partial charge in [-0.25, -0.2) is 8.42 Å². The lowest BCUT2D eigenvalue weighted by molar-refractivity contribution is 0.171. The van der Waals surface area contributed by atoms with Crippen LogP contribution in [0.1, 0.15) is 29.5 Å². The standard InChI is InChI=1S/C24H32N2O4S.ClH/c1-18-5-4-6-22(13-18)31(27,28)26-11-7-19(8-12-26)16-25-10-9-20-14-23(29-2)24(30-3)15-21(20)17-25;/h4-6,13-15,19H,7-12,16-17H2,1-3H3;1H. The van der Waals surface area contributed by atoms with E-state index in [0.29, 0.717) is 23.9 Å². The molecule has 0 N–H and O–H groups in total. The number of aryl methyl sites for hydroxylation is 1. The van der Waals surface area contributed by atoms with Crippen molar-refractivity contribution >= 4 is 22.4 Å². The molecule has 0 atom stereocenters. The topological polar surface area (TPSA) is 59.1 Å². The van der Waals surface area contributed by atoms with Gasteiger partial charge >= 0.3 is 0 Å². The minimum absolute atomic E-state index is 0. The monoisotopic (exact) mass is 480 g/mol. The summed E-state index contributed by atoms with van der Waals surface area (Å²) in [6, 6.07) is 11.4. The van der Waals surface area contributed by atoms with Crippen LogP contribution in [0, 0.1) is 12.8 Å². The second kappa shape index (κ2) is 10.4. The molecule has 176 valence electrons. The largest absolute Gasteiger partial charge is 0.493 e. The van der Waals surface area contributed by atoms with Gasteiger partial charge in [0.05, 0.1) is 19.1 Å². The van der Waals surface area contributed by atoms with Gasteiger partial charge in [0.2, 0.25) is 10.0 Å². The van der Waals surface area contributed by atoms with Gasteiger partial charge in [0, 0.05) is 32.7 Å². The molecule has 2 aliphatic rings. The SMILES string of the molecule is COc1cc2c(cc1OC)CN(CC1CCN(S(=O)(=O)c3cccc(C)c3)CC1)CC2.Cl. The van der Waals surface area contributed by atoms with Gasteiger partial charge in [0.1, 0.15) is 0 Å². The average Bonchev–Trinajstić information content (AvgIpc) is 2.78. The number of piperidine rings is 1. The van der Waals surface area contributed by atoms with Crippen molar-refractivity contribution in [2.75, 3.05) is 40.4 Å². The lowest BCUT2D eigenvalue weighted by Gasteiger charge is -2.36. The van der Waals surface area contributed by atoms with Crippen LogP contribution >= 0.6 is 12.4 Å². The van der Waals surface area contributed by atoms with E-state index in [1.807, 2.05) is 19.1 Å². The van der Waals surface area contributed by atoms with Crippen molar-refractivity contribution in [1.82, 2.24) is 9.21 Å². The van der Waals surface area contributed by atoms with Crippen LogP contribution in [0.2, 0.25) is 0 Å². The van der Waals surface area contributed by atoms with Crippen LogP contribution in [0.4, 0.5) is 0 Å². The van der Waals surface area contributed by atoms with E-state index < -0.39 is 10.0 Å². The van der Waals surface area contributed by atoms with E-state index >= 15 is 0 Å². The summed E-state index contributed by atoms with van der Waals surface area (Å²) in [6.07, 6.45) is 2.80. The zero-order chi connectivity index (χ0) is 22.0. The van der Waals surface area contributed by atoms with Gasteiger partial charge in [-0.05, 0) is 73.1 Å². The third-order valence-corrected chi connectivity index (χ3v) is 8.41. The molecule has 8 heteroatoms. The molecule has 0 bridgehead atoms. The summed E-state index contributed by atoms with van der Waals surface area (Å²) in [4.78, 5) is 2.90. The lowest BCUT2D eigenvalue weighted by Crippen LogP contribution is -2.42. The third kappa shape index (κ3) is 5.22. The maximum atomic E-state index is 13.0. The molecular formula is C24H33ClN2O4S. The summed E-state index contributed by atoms with van der Waals surface area (Å²) in [5, 5.41) is 0. The van der Waals surface area contributed by atoms with Gasteiger partial charge in [-0.2, -0.15) is 4.31 Å². The van der Waals surface area contributed by atoms with Gasteiger partial charge in [-0.1, -0.05) is 12.1 Å². The number of sulfonamides is 1. The summed E-state index contributed by atoms with van der Waals surface area (Å²) in [7, 11) is -0.0598. The first kappa shape index (κ1) is 24.8. The molecule has 32 heavy (non-hydrogen) atoms. The van der Waals surface area contributed by atoms with E-state index in [1.165, 1.54) is 11.1 Å². The second-order valence-electron chi connectivity index (χ2n) is 8.62. The van der Waals surface area contributed by atoms with Crippen LogP contribution in [0.5, 0.6) is 11.5 Å². The van der Waals surface area contributed by atoms with Crippen molar-refractivity contribution in [3.63, 3.8) is 0 Å². The van der Waals surface area contributed by atoms with E-state index in [0.717, 1.165) is 56.0 Å². The lowest BCUT2D eigenvalue weighted by atomic mass is 9.94. The van der Waals surface area contributed by atoms with E-state index in [1.54, 1.807) is 30.7 Å². The van der Waals surface area contributed by atoms with E-state index in [-0.39, 0.29) is 12.4 Å². The van der Waals surface area contributed by atoms with Gasteiger partial charge in [0.15, 0.2) is 11.5 Å². The highest BCUT2D eigenvalue weighted by atomic mass is 35.5. The smallest absolute Gasteiger partial charge is 0.243 e. The van der Waals surface area contributed by atoms with Gasteiger partial charge in [-0.15, -0.1) is 12.4 Å². The molecule has 0 aromatic heterocycles. The predicted octanol–water partition coefficient (Wildman–Crippen LogP) is 3.89. The minimum Gasteiger partial charge on any atom is -0.493 e. The number of benzene rings is 2. The van der Waals surface area contributed by atoms with Crippen LogP contribution < -0.4 is 9.47 Å². The summed E-state index contributed by atoms with van der Waals surface area (Å²) < 4.78 is 38.5. The van der Waals surface area contributed by atoms with Crippen LogP contribution in [-0.4, -0.2) is 58.0 Å². The fraction of sp³-hybridized carbons (Fsp3) is 0.500. The molecule has 0 saturated carbocycles. The Morgan fingerprint density at radius 2 is 1.62 bits per heavy atom. The zero-order valence-corrected chi connectivity index (χ0v) is 20.7. The molecule has 0 amide bonds. The Kier molecular flexibility index (Phi) is 8.09. The number of ether oxygens (including phenoxy) is 2. The minimum atomic E-state index is -3.40. The van der Waals surface area contributed by atoms with Crippen molar-refractivity contribution in [2.24, 2.45) is 5.92 Å². The molecule has 1 saturated heterocycles. The molecule has 0 unspecified atom stereocenters. The van der Waals surface area contributed by atoms with Crippen molar-refractivity contribution < 1.29 is 17.9 Å². The Balaban J connectivity index is 0.00000289. The number of halogens is 1. The molecule has 0 aliphatic carbocycles. The van der Waals surface area contributed by atoms with E-state index in [9.17, 15) is 8.42 Å². The molecule has 2 aromatic rings. The number of hydrogen-bond acceptors (Lipinski definition) is 5. The Hall–Kier alpha value is -1.80. The summed E-state index contributed by atoms with van der Waals surface area (Å²) in [5.74, 6) is 2.08. The van der Waals surface area contributed by atoms with Gasteiger partial charge < -0.3 is 9.47 Å². The number of rotatable bonds is 6. The van der Waals surface area contributed by atoms with Crippen molar-refractivity contribution in [1.29, 1.82) is 0 Å². The second-order valence-corrected chi connectivity index (χ2v) is 10.6. The molecule has 6 nitrogen and oxygen atoms in total. The highest BCUT2D eigenvalue weighted by molar-refractivity contribution is 7.89. The summed E-state index contributed by atoms with van der Waals surface area (Å²) >= 11 is 0. The van der Waals surface area contributed by atoms with Crippen LogP contribution in [0.25, 0.3) is 0 Å². The first-order valence-corrected chi connectivity index (χ1v) is 12.4. The molecule has 2 heterocycles. The normalized spacial score (nSPS) is 18.0. The Morgan fingerprint density at radius 3 is 2.25 bits per heavy atom. The predicted molar refractivity (Wildman–Crippen MR) is 128 cm³/mol. The number of fused-ring (bicyclic) bond motifs is 1. The molecule has 4 rings (SSSR count). The first-order valence-electron chi connectivity index (χ1n) is 10.9. The Morgan fingerprint density at radius 1 is 0.969 bits per heavy atom.